The molecule has 3 aromatic heterocycles. The number of hydrogen-bond acceptors (Lipinski definition) is 4. The molecule has 0 amide bonds. The van der Waals surface area contributed by atoms with Crippen molar-refractivity contribution in [2.45, 2.75) is 19.8 Å². The van der Waals surface area contributed by atoms with E-state index in [2.05, 4.69) is 4.98 Å². The van der Waals surface area contributed by atoms with E-state index in [1.165, 1.54) is 12.1 Å². The number of benzene rings is 2. The molecule has 0 saturated carbocycles. The second-order valence-corrected chi connectivity index (χ2v) is 7.58. The average Bonchev–Trinajstić information content (AvgIpc) is 3.39. The molecule has 0 fully saturated rings. The molecule has 5 aromatic rings. The minimum atomic E-state index is -0.283. The van der Waals surface area contributed by atoms with Crippen LogP contribution < -0.4 is 0 Å². The van der Waals surface area contributed by atoms with Gasteiger partial charge in [0.15, 0.2) is 5.65 Å². The maximum atomic E-state index is 13.4. The molecule has 0 aliphatic rings. The molecule has 5 rings (SSSR count). The van der Waals surface area contributed by atoms with Crippen LogP contribution in [0.1, 0.15) is 28.3 Å². The number of fused-ring (bicyclic) bond motifs is 1. The number of aromatic hydroxyl groups is 1. The Labute approximate surface area is 178 Å². The lowest BCUT2D eigenvalue weighted by atomic mass is 10.1. The van der Waals surface area contributed by atoms with Crippen molar-refractivity contribution in [3.8, 4) is 17.1 Å². The molecule has 154 valence electrons. The van der Waals surface area contributed by atoms with E-state index in [1.54, 1.807) is 35.1 Å². The van der Waals surface area contributed by atoms with Crippen LogP contribution in [0, 0.1) is 12.7 Å². The lowest BCUT2D eigenvalue weighted by Gasteiger charge is -2.09. The van der Waals surface area contributed by atoms with Gasteiger partial charge in [0.25, 0.3) is 0 Å². The largest absolute Gasteiger partial charge is 0.493 e. The fourth-order valence-corrected chi connectivity index (χ4v) is 3.70. The maximum absolute atomic E-state index is 13.4. The van der Waals surface area contributed by atoms with Crippen molar-refractivity contribution in [3.63, 3.8) is 0 Å². The lowest BCUT2D eigenvalue weighted by molar-refractivity contribution is 0.438. The van der Waals surface area contributed by atoms with Gasteiger partial charge in [0.1, 0.15) is 17.3 Å². The topological polar surface area (TPSA) is 63.6 Å². The van der Waals surface area contributed by atoms with Crippen molar-refractivity contribution in [2.24, 2.45) is 0 Å². The molecular weight excluding hydrogens is 393 g/mol. The molecule has 0 bridgehead atoms. The molecule has 2 aromatic carbocycles. The van der Waals surface area contributed by atoms with Crippen molar-refractivity contribution in [2.75, 3.05) is 0 Å². The van der Waals surface area contributed by atoms with E-state index in [4.69, 9.17) is 9.40 Å². The van der Waals surface area contributed by atoms with Gasteiger partial charge in [-0.15, -0.1) is 0 Å². The minimum absolute atomic E-state index is 0.0584. The van der Waals surface area contributed by atoms with Gasteiger partial charge in [0, 0.05) is 18.2 Å². The SMILES string of the molecule is Cc1cccc(-c2cn3c(O)c(Cc4ccco4)nc3c(Cc3ccc(F)cc3)n2)c1. The first-order valence-corrected chi connectivity index (χ1v) is 10.0. The molecule has 0 unspecified atom stereocenters. The van der Waals surface area contributed by atoms with Gasteiger partial charge in [-0.1, -0.05) is 35.9 Å². The summed E-state index contributed by atoms with van der Waals surface area (Å²) in [6.07, 6.45) is 4.22. The number of rotatable bonds is 5. The van der Waals surface area contributed by atoms with Gasteiger partial charge in [-0.05, 0) is 42.8 Å². The van der Waals surface area contributed by atoms with Crippen LogP contribution in [0.25, 0.3) is 16.9 Å². The van der Waals surface area contributed by atoms with Gasteiger partial charge < -0.3 is 9.52 Å². The molecule has 5 nitrogen and oxygen atoms in total. The number of aromatic nitrogens is 3. The highest BCUT2D eigenvalue weighted by molar-refractivity contribution is 5.63. The van der Waals surface area contributed by atoms with E-state index in [0.29, 0.717) is 35.6 Å². The van der Waals surface area contributed by atoms with E-state index in [9.17, 15) is 9.50 Å². The summed E-state index contributed by atoms with van der Waals surface area (Å²) in [6, 6.07) is 18.0. The van der Waals surface area contributed by atoms with Crippen molar-refractivity contribution >= 4 is 5.65 Å². The molecule has 0 aliphatic carbocycles. The third-order valence-electron chi connectivity index (χ3n) is 5.24. The second-order valence-electron chi connectivity index (χ2n) is 7.58. The Morgan fingerprint density at radius 1 is 0.968 bits per heavy atom. The second kappa shape index (κ2) is 7.72. The monoisotopic (exact) mass is 413 g/mol. The summed E-state index contributed by atoms with van der Waals surface area (Å²) in [5.74, 6) is 0.489. The highest BCUT2D eigenvalue weighted by Gasteiger charge is 2.18. The zero-order valence-corrected chi connectivity index (χ0v) is 16.9. The Morgan fingerprint density at radius 2 is 1.81 bits per heavy atom. The van der Waals surface area contributed by atoms with E-state index < -0.39 is 0 Å². The predicted octanol–water partition coefficient (Wildman–Crippen LogP) is 5.32. The van der Waals surface area contributed by atoms with Gasteiger partial charge in [-0.25, -0.2) is 14.4 Å². The first kappa shape index (κ1) is 19.1. The Kier molecular flexibility index (Phi) is 4.75. The van der Waals surface area contributed by atoms with E-state index >= 15 is 0 Å². The predicted molar refractivity (Wildman–Crippen MR) is 116 cm³/mol. The standard InChI is InChI=1S/C25H20FN3O2/c1-16-4-2-5-18(12-16)23-15-29-24(21(27-23)13-17-7-9-19(26)10-8-17)28-22(25(29)30)14-20-6-3-11-31-20/h2-12,15,30H,13-14H2,1H3. The lowest BCUT2D eigenvalue weighted by Crippen LogP contribution is -2.01. The zero-order valence-electron chi connectivity index (χ0n) is 16.9. The van der Waals surface area contributed by atoms with Crippen molar-refractivity contribution in [3.05, 3.63) is 107 Å². The molecule has 3 heterocycles. The fourth-order valence-electron chi connectivity index (χ4n) is 3.70. The molecule has 31 heavy (non-hydrogen) atoms. The summed E-state index contributed by atoms with van der Waals surface area (Å²) in [5.41, 5.74) is 5.48. The number of nitrogens with zero attached hydrogens (tertiary/aromatic N) is 3. The van der Waals surface area contributed by atoms with E-state index in [-0.39, 0.29) is 11.7 Å². The normalized spacial score (nSPS) is 11.3. The van der Waals surface area contributed by atoms with Gasteiger partial charge in [-0.2, -0.15) is 0 Å². The van der Waals surface area contributed by atoms with Gasteiger partial charge in [-0.3, -0.25) is 4.40 Å². The third kappa shape index (κ3) is 3.80. The minimum Gasteiger partial charge on any atom is -0.493 e. The molecule has 0 atom stereocenters. The van der Waals surface area contributed by atoms with Crippen LogP contribution in [0.15, 0.2) is 77.5 Å². The quantitative estimate of drug-likeness (QED) is 0.423. The number of furan rings is 1. The summed E-state index contributed by atoms with van der Waals surface area (Å²) < 4.78 is 20.5. The van der Waals surface area contributed by atoms with Crippen LogP contribution >= 0.6 is 0 Å². The zero-order chi connectivity index (χ0) is 21.4. The van der Waals surface area contributed by atoms with Gasteiger partial charge in [0.2, 0.25) is 5.88 Å². The first-order valence-electron chi connectivity index (χ1n) is 10.0. The fraction of sp³-hybridized carbons (Fsp3) is 0.120. The molecule has 1 N–H and O–H groups in total. The smallest absolute Gasteiger partial charge is 0.219 e. The molecular formula is C25H20FN3O2. The number of halogens is 1. The van der Waals surface area contributed by atoms with Crippen LogP contribution in [0.3, 0.4) is 0 Å². The van der Waals surface area contributed by atoms with E-state index in [0.717, 1.165) is 22.4 Å². The van der Waals surface area contributed by atoms with Crippen molar-refractivity contribution in [1.82, 2.24) is 14.4 Å². The molecule has 6 heteroatoms. The van der Waals surface area contributed by atoms with Crippen LogP contribution in [-0.2, 0) is 12.8 Å². The molecule has 0 radical (unpaired) electrons. The van der Waals surface area contributed by atoms with Crippen LogP contribution in [-0.4, -0.2) is 19.5 Å². The van der Waals surface area contributed by atoms with Gasteiger partial charge in [0.05, 0.1) is 24.1 Å². The molecule has 0 saturated heterocycles. The number of aryl methyl sites for hydroxylation is 1. The summed E-state index contributed by atoms with van der Waals surface area (Å²) in [5, 5.41) is 10.9. The third-order valence-corrected chi connectivity index (χ3v) is 5.24. The van der Waals surface area contributed by atoms with Gasteiger partial charge >= 0.3 is 0 Å². The number of hydrogen-bond donors (Lipinski definition) is 1. The van der Waals surface area contributed by atoms with Crippen LogP contribution in [0.5, 0.6) is 5.88 Å². The van der Waals surface area contributed by atoms with Crippen molar-refractivity contribution < 1.29 is 13.9 Å². The van der Waals surface area contributed by atoms with Crippen LogP contribution in [0.4, 0.5) is 4.39 Å². The van der Waals surface area contributed by atoms with Crippen LogP contribution in [0.2, 0.25) is 0 Å². The highest BCUT2D eigenvalue weighted by Crippen LogP contribution is 2.28. The van der Waals surface area contributed by atoms with E-state index in [1.807, 2.05) is 37.3 Å². The molecule has 0 spiro atoms. The number of imidazole rings is 1. The maximum Gasteiger partial charge on any atom is 0.219 e. The molecule has 0 aliphatic heterocycles. The summed E-state index contributed by atoms with van der Waals surface area (Å²) >= 11 is 0. The Balaban J connectivity index is 1.66. The Morgan fingerprint density at radius 3 is 2.55 bits per heavy atom. The average molecular weight is 413 g/mol. The summed E-state index contributed by atoms with van der Waals surface area (Å²) in [7, 11) is 0. The Hall–Kier alpha value is -3.93. The first-order chi connectivity index (χ1) is 15.1. The summed E-state index contributed by atoms with van der Waals surface area (Å²) in [6.45, 7) is 2.03. The summed E-state index contributed by atoms with van der Waals surface area (Å²) in [4.78, 5) is 9.54. The highest BCUT2D eigenvalue weighted by atomic mass is 19.1. The Bertz CT molecular complexity index is 1360. The van der Waals surface area contributed by atoms with Crippen molar-refractivity contribution in [1.29, 1.82) is 0 Å².